The van der Waals surface area contributed by atoms with Crippen molar-refractivity contribution in [2.75, 3.05) is 31.0 Å². The Bertz CT molecular complexity index is 1290. The number of rotatable bonds is 11. The van der Waals surface area contributed by atoms with Crippen LogP contribution in [-0.4, -0.2) is 41.7 Å². The fraction of sp³-hybridized carbons (Fsp3) is 0.148. The number of amides is 2. The highest BCUT2D eigenvalue weighted by molar-refractivity contribution is 6.05. The molecule has 4 rings (SSSR count). The van der Waals surface area contributed by atoms with Crippen LogP contribution >= 0.6 is 0 Å². The number of hydrogen-bond acceptors (Lipinski definition) is 6. The number of methoxy groups -OCH3 is 1. The Balaban J connectivity index is 1.28. The number of hydrogen-bond donors (Lipinski definition) is 2. The number of aromatic nitrogens is 2. The number of carbonyl (C=O) groups excluding carboxylic acids is 2. The number of imidazole rings is 1. The third kappa shape index (κ3) is 6.86. The van der Waals surface area contributed by atoms with Crippen LogP contribution in [0.25, 0.3) is 0 Å². The Hall–Kier alpha value is -4.79. The Kier molecular flexibility index (Phi) is 8.16. The molecule has 1 heterocycles. The molecule has 0 unspecified atom stereocenters. The lowest BCUT2D eigenvalue weighted by atomic mass is 10.2. The first-order valence-electron chi connectivity index (χ1n) is 11.3. The molecule has 36 heavy (non-hydrogen) atoms. The van der Waals surface area contributed by atoms with Crippen molar-refractivity contribution in [3.8, 4) is 17.2 Å². The minimum atomic E-state index is -0.310. The first kappa shape index (κ1) is 24.3. The molecule has 184 valence electrons. The Morgan fingerprint density at radius 3 is 2.53 bits per heavy atom. The number of para-hydroxylation sites is 2. The molecule has 9 heteroatoms. The van der Waals surface area contributed by atoms with Gasteiger partial charge >= 0.3 is 0 Å². The molecule has 0 radical (unpaired) electrons. The van der Waals surface area contributed by atoms with E-state index in [1.807, 2.05) is 22.9 Å². The van der Waals surface area contributed by atoms with Gasteiger partial charge in [0, 0.05) is 29.7 Å². The lowest BCUT2D eigenvalue weighted by Gasteiger charge is -2.13. The van der Waals surface area contributed by atoms with Crippen LogP contribution in [0, 0.1) is 0 Å². The Labute approximate surface area is 208 Å². The van der Waals surface area contributed by atoms with Crippen molar-refractivity contribution in [1.29, 1.82) is 0 Å². The minimum Gasteiger partial charge on any atom is -0.497 e. The van der Waals surface area contributed by atoms with Crippen LogP contribution < -0.4 is 24.8 Å². The fourth-order valence-corrected chi connectivity index (χ4v) is 3.32. The van der Waals surface area contributed by atoms with Crippen molar-refractivity contribution >= 4 is 23.2 Å². The summed E-state index contributed by atoms with van der Waals surface area (Å²) in [5.41, 5.74) is 1.63. The van der Waals surface area contributed by atoms with Gasteiger partial charge in [-0.05, 0) is 48.5 Å². The quantitative estimate of drug-likeness (QED) is 0.329. The zero-order valence-corrected chi connectivity index (χ0v) is 19.7. The van der Waals surface area contributed by atoms with E-state index in [2.05, 4.69) is 15.6 Å². The molecule has 0 aliphatic carbocycles. The zero-order chi connectivity index (χ0) is 25.2. The molecule has 9 nitrogen and oxygen atoms in total. The first-order valence-corrected chi connectivity index (χ1v) is 11.3. The maximum Gasteiger partial charge on any atom is 0.262 e. The van der Waals surface area contributed by atoms with E-state index in [4.69, 9.17) is 14.2 Å². The number of ether oxygens (including phenoxy) is 3. The molecule has 0 bridgehead atoms. The summed E-state index contributed by atoms with van der Waals surface area (Å²) in [6.07, 6.45) is 5.29. The average molecular weight is 487 g/mol. The number of nitrogens with zero attached hydrogens (tertiary/aromatic N) is 2. The van der Waals surface area contributed by atoms with Crippen LogP contribution in [0.5, 0.6) is 17.2 Å². The normalized spacial score (nSPS) is 10.4. The van der Waals surface area contributed by atoms with Gasteiger partial charge in [0.2, 0.25) is 0 Å². The number of benzene rings is 3. The summed E-state index contributed by atoms with van der Waals surface area (Å²) < 4.78 is 18.4. The number of anilines is 2. The van der Waals surface area contributed by atoms with E-state index >= 15 is 0 Å². The van der Waals surface area contributed by atoms with Crippen LogP contribution in [0.2, 0.25) is 0 Å². The van der Waals surface area contributed by atoms with E-state index in [1.165, 1.54) is 0 Å². The zero-order valence-electron chi connectivity index (χ0n) is 19.7. The second-order valence-corrected chi connectivity index (χ2v) is 7.69. The summed E-state index contributed by atoms with van der Waals surface area (Å²) in [6.45, 7) is 0.897. The molecule has 4 aromatic rings. The van der Waals surface area contributed by atoms with Crippen molar-refractivity contribution in [2.45, 2.75) is 6.54 Å². The predicted molar refractivity (Wildman–Crippen MR) is 136 cm³/mol. The van der Waals surface area contributed by atoms with Crippen molar-refractivity contribution < 1.29 is 23.8 Å². The van der Waals surface area contributed by atoms with Gasteiger partial charge < -0.3 is 29.4 Å². The van der Waals surface area contributed by atoms with E-state index in [9.17, 15) is 9.59 Å². The number of nitrogens with one attached hydrogen (secondary N) is 2. The highest BCUT2D eigenvalue weighted by Gasteiger charge is 2.11. The van der Waals surface area contributed by atoms with Crippen LogP contribution in [-0.2, 0) is 11.3 Å². The molecule has 0 aliphatic rings. The van der Waals surface area contributed by atoms with Gasteiger partial charge in [0.05, 0.1) is 25.7 Å². The molecule has 2 N–H and O–H groups in total. The van der Waals surface area contributed by atoms with Crippen molar-refractivity contribution in [1.82, 2.24) is 9.55 Å². The molecule has 3 aromatic carbocycles. The van der Waals surface area contributed by atoms with Crippen molar-refractivity contribution in [3.63, 3.8) is 0 Å². The van der Waals surface area contributed by atoms with Gasteiger partial charge in [-0.3, -0.25) is 9.59 Å². The first-order chi connectivity index (χ1) is 17.6. The molecular formula is C27H26N4O5. The van der Waals surface area contributed by atoms with Crippen LogP contribution in [0.3, 0.4) is 0 Å². The highest BCUT2D eigenvalue weighted by atomic mass is 16.5. The van der Waals surface area contributed by atoms with E-state index in [-0.39, 0.29) is 18.4 Å². The summed E-state index contributed by atoms with van der Waals surface area (Å²) in [7, 11) is 1.56. The van der Waals surface area contributed by atoms with Gasteiger partial charge in [-0.15, -0.1) is 0 Å². The summed E-state index contributed by atoms with van der Waals surface area (Å²) >= 11 is 0. The van der Waals surface area contributed by atoms with Gasteiger partial charge in [-0.2, -0.15) is 0 Å². The monoisotopic (exact) mass is 486 g/mol. The van der Waals surface area contributed by atoms with Crippen LogP contribution in [0.4, 0.5) is 11.4 Å². The second kappa shape index (κ2) is 12.1. The average Bonchev–Trinajstić information content (AvgIpc) is 3.42. The molecule has 2 amide bonds. The van der Waals surface area contributed by atoms with Gasteiger partial charge in [0.25, 0.3) is 11.8 Å². The second-order valence-electron chi connectivity index (χ2n) is 7.69. The lowest BCUT2D eigenvalue weighted by Crippen LogP contribution is -2.20. The van der Waals surface area contributed by atoms with Crippen LogP contribution in [0.15, 0.2) is 91.5 Å². The number of carbonyl (C=O) groups is 2. The van der Waals surface area contributed by atoms with Gasteiger partial charge in [0.1, 0.15) is 23.9 Å². The molecule has 0 aliphatic heterocycles. The minimum absolute atomic E-state index is 0.174. The molecular weight excluding hydrogens is 460 g/mol. The largest absolute Gasteiger partial charge is 0.497 e. The smallest absolute Gasteiger partial charge is 0.262 e. The molecule has 0 atom stereocenters. The lowest BCUT2D eigenvalue weighted by molar-refractivity contribution is -0.118. The van der Waals surface area contributed by atoms with E-state index in [0.29, 0.717) is 47.3 Å². The summed E-state index contributed by atoms with van der Waals surface area (Å²) in [4.78, 5) is 29.0. The molecule has 0 fully saturated rings. The van der Waals surface area contributed by atoms with Gasteiger partial charge in [-0.1, -0.05) is 18.2 Å². The standard InChI is InChI=1S/C27H26N4O5/c1-34-23-6-4-5-21(17-23)29-26(32)18-36-22-11-9-20(10-12-22)27(33)30-24-7-2-3-8-25(24)35-16-15-31-14-13-28-19-31/h2-14,17,19H,15-16,18H2,1H3,(H,29,32)(H,30,33). The topological polar surface area (TPSA) is 104 Å². The molecule has 0 saturated heterocycles. The molecule has 0 saturated carbocycles. The SMILES string of the molecule is COc1cccc(NC(=O)COc2ccc(C(=O)Nc3ccccc3OCCn3ccnc3)cc2)c1. The molecule has 1 aromatic heterocycles. The summed E-state index contributed by atoms with van der Waals surface area (Å²) in [5.74, 6) is 1.09. The Morgan fingerprint density at radius 1 is 0.917 bits per heavy atom. The summed E-state index contributed by atoms with van der Waals surface area (Å²) in [6, 6.07) is 20.8. The van der Waals surface area contributed by atoms with Gasteiger partial charge in [0.15, 0.2) is 6.61 Å². The maximum atomic E-state index is 12.8. The predicted octanol–water partition coefficient (Wildman–Crippen LogP) is 4.24. The maximum absolute atomic E-state index is 12.8. The van der Waals surface area contributed by atoms with E-state index < -0.39 is 0 Å². The van der Waals surface area contributed by atoms with Crippen LogP contribution in [0.1, 0.15) is 10.4 Å². The van der Waals surface area contributed by atoms with E-state index in [0.717, 1.165) is 0 Å². The summed E-state index contributed by atoms with van der Waals surface area (Å²) in [5, 5.41) is 5.63. The Morgan fingerprint density at radius 2 is 1.75 bits per heavy atom. The third-order valence-corrected chi connectivity index (χ3v) is 5.14. The molecule has 0 spiro atoms. The van der Waals surface area contributed by atoms with Gasteiger partial charge in [-0.25, -0.2) is 4.98 Å². The third-order valence-electron chi connectivity index (χ3n) is 5.14. The highest BCUT2D eigenvalue weighted by Crippen LogP contribution is 2.25. The van der Waals surface area contributed by atoms with E-state index in [1.54, 1.807) is 80.3 Å². The van der Waals surface area contributed by atoms with Crippen molar-refractivity contribution in [3.05, 3.63) is 97.1 Å². The fourth-order valence-electron chi connectivity index (χ4n) is 3.32. The van der Waals surface area contributed by atoms with Crippen molar-refractivity contribution in [2.24, 2.45) is 0 Å².